The Hall–Kier alpha value is -2.99. The molecule has 142 valence electrons. The van der Waals surface area contributed by atoms with Crippen molar-refractivity contribution in [1.82, 2.24) is 10.3 Å². The summed E-state index contributed by atoms with van der Waals surface area (Å²) in [6, 6.07) is 13.4. The number of ether oxygens (including phenoxy) is 3. The van der Waals surface area contributed by atoms with Crippen LogP contribution >= 0.6 is 0 Å². The van der Waals surface area contributed by atoms with E-state index >= 15 is 0 Å². The molecule has 2 aromatic carbocycles. The maximum atomic E-state index is 12.3. The van der Waals surface area contributed by atoms with Crippen LogP contribution in [0.2, 0.25) is 0 Å². The molecule has 0 saturated heterocycles. The Morgan fingerprint density at radius 3 is 2.48 bits per heavy atom. The molecular weight excluding hydrogens is 344 g/mol. The van der Waals surface area contributed by atoms with Crippen LogP contribution in [-0.2, 0) is 13.0 Å². The average molecular weight is 368 g/mol. The number of hydrogen-bond donors (Lipinski definition) is 2. The van der Waals surface area contributed by atoms with E-state index in [1.165, 1.54) is 0 Å². The Morgan fingerprint density at radius 1 is 0.926 bits per heavy atom. The van der Waals surface area contributed by atoms with Gasteiger partial charge in [0.15, 0.2) is 11.5 Å². The third-order valence-corrected chi connectivity index (χ3v) is 4.48. The number of H-pyrrole nitrogens is 1. The number of fused-ring (bicyclic) bond motifs is 1. The lowest BCUT2D eigenvalue weighted by molar-refractivity contribution is 0.354. The molecule has 0 unspecified atom stereocenters. The summed E-state index contributed by atoms with van der Waals surface area (Å²) in [5.74, 6) is 2.16. The van der Waals surface area contributed by atoms with E-state index < -0.39 is 0 Å². The highest BCUT2D eigenvalue weighted by atomic mass is 16.5. The summed E-state index contributed by atoms with van der Waals surface area (Å²) in [6.45, 7) is 1.25. The molecule has 0 radical (unpaired) electrons. The lowest BCUT2D eigenvalue weighted by atomic mass is 10.1. The Balaban J connectivity index is 1.62. The molecule has 6 heteroatoms. The van der Waals surface area contributed by atoms with Crippen molar-refractivity contribution in [3.8, 4) is 17.2 Å². The summed E-state index contributed by atoms with van der Waals surface area (Å²) in [6.07, 6.45) is 0.822. The van der Waals surface area contributed by atoms with E-state index in [4.69, 9.17) is 14.2 Å². The largest absolute Gasteiger partial charge is 0.497 e. The maximum absolute atomic E-state index is 12.3. The monoisotopic (exact) mass is 368 g/mol. The van der Waals surface area contributed by atoms with Crippen LogP contribution in [-0.4, -0.2) is 32.9 Å². The van der Waals surface area contributed by atoms with Crippen LogP contribution in [0.1, 0.15) is 11.1 Å². The van der Waals surface area contributed by atoms with Gasteiger partial charge < -0.3 is 24.5 Å². The van der Waals surface area contributed by atoms with Crippen LogP contribution in [0.3, 0.4) is 0 Å². The maximum Gasteiger partial charge on any atom is 0.252 e. The van der Waals surface area contributed by atoms with Crippen LogP contribution in [0, 0.1) is 0 Å². The molecule has 3 aromatic rings. The minimum Gasteiger partial charge on any atom is -0.497 e. The second kappa shape index (κ2) is 8.60. The van der Waals surface area contributed by atoms with Crippen LogP contribution in [0.15, 0.2) is 47.3 Å². The summed E-state index contributed by atoms with van der Waals surface area (Å²) < 4.78 is 15.8. The highest BCUT2D eigenvalue weighted by Gasteiger charge is 2.06. The average Bonchev–Trinajstić information content (AvgIpc) is 2.70. The molecule has 3 rings (SSSR count). The Morgan fingerprint density at radius 2 is 1.74 bits per heavy atom. The SMILES string of the molecule is COc1ccc2cc(CNCCc3ccc(OC)c(OC)c3)c(=O)[nH]c2c1. The molecule has 0 bridgehead atoms. The molecule has 0 fully saturated rings. The van der Waals surface area contributed by atoms with Crippen LogP contribution in [0.4, 0.5) is 0 Å². The first kappa shape index (κ1) is 18.8. The zero-order valence-electron chi connectivity index (χ0n) is 15.8. The number of benzene rings is 2. The number of nitrogens with one attached hydrogen (secondary N) is 2. The van der Waals surface area contributed by atoms with Gasteiger partial charge in [-0.2, -0.15) is 0 Å². The standard InChI is InChI=1S/C21H24N2O4/c1-25-17-6-5-15-11-16(21(24)23-18(15)12-17)13-22-9-8-14-4-7-19(26-2)20(10-14)27-3/h4-7,10-12,22H,8-9,13H2,1-3H3,(H,23,24). The van der Waals surface area contributed by atoms with Gasteiger partial charge in [0.1, 0.15) is 5.75 Å². The van der Waals surface area contributed by atoms with Gasteiger partial charge in [-0.3, -0.25) is 4.79 Å². The number of aromatic nitrogens is 1. The van der Waals surface area contributed by atoms with Crippen molar-refractivity contribution in [3.63, 3.8) is 0 Å². The fourth-order valence-electron chi connectivity index (χ4n) is 2.98. The second-order valence-corrected chi connectivity index (χ2v) is 6.19. The van der Waals surface area contributed by atoms with Crippen molar-refractivity contribution in [2.75, 3.05) is 27.9 Å². The van der Waals surface area contributed by atoms with E-state index in [0.29, 0.717) is 17.9 Å². The second-order valence-electron chi connectivity index (χ2n) is 6.19. The third kappa shape index (κ3) is 4.41. The van der Waals surface area contributed by atoms with E-state index in [1.807, 2.05) is 42.5 Å². The first-order valence-corrected chi connectivity index (χ1v) is 8.76. The van der Waals surface area contributed by atoms with Crippen LogP contribution < -0.4 is 25.1 Å². The van der Waals surface area contributed by atoms with Crippen LogP contribution in [0.25, 0.3) is 10.9 Å². The van der Waals surface area contributed by atoms with Gasteiger partial charge in [0.2, 0.25) is 0 Å². The van der Waals surface area contributed by atoms with Crippen LogP contribution in [0.5, 0.6) is 17.2 Å². The Bertz CT molecular complexity index is 982. The topological polar surface area (TPSA) is 72.6 Å². The highest BCUT2D eigenvalue weighted by Crippen LogP contribution is 2.27. The quantitative estimate of drug-likeness (QED) is 0.598. The van der Waals surface area contributed by atoms with E-state index in [1.54, 1.807) is 21.3 Å². The summed E-state index contributed by atoms with van der Waals surface area (Å²) in [4.78, 5) is 15.2. The molecule has 0 atom stereocenters. The first-order chi connectivity index (χ1) is 13.1. The molecule has 27 heavy (non-hydrogen) atoms. The van der Waals surface area contributed by atoms with Gasteiger partial charge in [0.25, 0.3) is 5.56 Å². The van der Waals surface area contributed by atoms with Gasteiger partial charge in [0.05, 0.1) is 26.8 Å². The molecule has 1 aromatic heterocycles. The molecule has 0 amide bonds. The Kier molecular flexibility index (Phi) is 5.98. The summed E-state index contributed by atoms with van der Waals surface area (Å²) >= 11 is 0. The fourth-order valence-corrected chi connectivity index (χ4v) is 2.98. The zero-order chi connectivity index (χ0) is 19.2. The Labute approximate surface area is 158 Å². The lowest BCUT2D eigenvalue weighted by Crippen LogP contribution is -2.22. The lowest BCUT2D eigenvalue weighted by Gasteiger charge is -2.10. The van der Waals surface area contributed by atoms with Gasteiger partial charge >= 0.3 is 0 Å². The van der Waals surface area contributed by atoms with E-state index in [9.17, 15) is 4.79 Å². The van der Waals surface area contributed by atoms with Gasteiger partial charge in [0, 0.05) is 18.2 Å². The van der Waals surface area contributed by atoms with E-state index in [0.717, 1.165) is 40.9 Å². The third-order valence-electron chi connectivity index (χ3n) is 4.48. The zero-order valence-corrected chi connectivity index (χ0v) is 15.8. The molecular formula is C21H24N2O4. The minimum absolute atomic E-state index is 0.0885. The molecule has 0 aliphatic rings. The summed E-state index contributed by atoms with van der Waals surface area (Å²) in [5, 5.41) is 4.31. The number of rotatable bonds is 8. The molecule has 0 spiro atoms. The predicted octanol–water partition coefficient (Wildman–Crippen LogP) is 2.89. The number of aromatic amines is 1. The fraction of sp³-hybridized carbons (Fsp3) is 0.286. The van der Waals surface area contributed by atoms with E-state index in [2.05, 4.69) is 10.3 Å². The first-order valence-electron chi connectivity index (χ1n) is 8.76. The summed E-state index contributed by atoms with van der Waals surface area (Å²) in [5.41, 5.74) is 2.53. The van der Waals surface area contributed by atoms with Crippen molar-refractivity contribution in [3.05, 3.63) is 63.9 Å². The van der Waals surface area contributed by atoms with E-state index in [-0.39, 0.29) is 5.56 Å². The molecule has 0 aliphatic heterocycles. The van der Waals surface area contributed by atoms with Crippen molar-refractivity contribution < 1.29 is 14.2 Å². The van der Waals surface area contributed by atoms with Gasteiger partial charge in [-0.15, -0.1) is 0 Å². The smallest absolute Gasteiger partial charge is 0.252 e. The van der Waals surface area contributed by atoms with Gasteiger partial charge in [-0.25, -0.2) is 0 Å². The highest BCUT2D eigenvalue weighted by molar-refractivity contribution is 5.80. The molecule has 6 nitrogen and oxygen atoms in total. The van der Waals surface area contributed by atoms with Gasteiger partial charge in [-0.05, 0) is 54.2 Å². The molecule has 2 N–H and O–H groups in total. The molecule has 1 heterocycles. The number of hydrogen-bond acceptors (Lipinski definition) is 5. The van der Waals surface area contributed by atoms with Crippen molar-refractivity contribution in [2.24, 2.45) is 0 Å². The van der Waals surface area contributed by atoms with Crippen molar-refractivity contribution in [2.45, 2.75) is 13.0 Å². The minimum atomic E-state index is -0.0885. The van der Waals surface area contributed by atoms with Crippen molar-refractivity contribution in [1.29, 1.82) is 0 Å². The number of methoxy groups -OCH3 is 3. The molecule has 0 saturated carbocycles. The van der Waals surface area contributed by atoms with Gasteiger partial charge in [-0.1, -0.05) is 6.07 Å². The predicted molar refractivity (Wildman–Crippen MR) is 106 cm³/mol. The normalized spacial score (nSPS) is 10.8. The number of pyridine rings is 1. The summed E-state index contributed by atoms with van der Waals surface area (Å²) in [7, 11) is 4.85. The molecule has 0 aliphatic carbocycles. The van der Waals surface area contributed by atoms with Crippen molar-refractivity contribution >= 4 is 10.9 Å².